The molecule has 2 aromatic heterocycles. The highest BCUT2D eigenvalue weighted by atomic mass is 16.5. The monoisotopic (exact) mass is 499 g/mol. The van der Waals surface area contributed by atoms with Crippen LogP contribution in [0.2, 0.25) is 0 Å². The standard InChI is InChI=1S/C24H29N5O7/c1-4-35-20(30)8-7-17(13-16-9-10-25-22(16)32)26-21(31)15(3)29-11-5-6-18(24(29)34)27-23(33)19-12-14(2)36-28-19/h5-8,11-12,15-17H,4,9-10,13H2,1-3H3,(H,25,32)(H,26,31)(H,27,33)/b8-7+/t15-,16-,17+/m0/s1. The fraction of sp³-hybridized carbons (Fsp3) is 0.417. The molecule has 3 N–H and O–H groups in total. The van der Waals surface area contributed by atoms with Crippen molar-refractivity contribution >= 4 is 29.4 Å². The second-order valence-corrected chi connectivity index (χ2v) is 8.33. The topological polar surface area (TPSA) is 162 Å². The van der Waals surface area contributed by atoms with E-state index in [1.165, 1.54) is 48.0 Å². The van der Waals surface area contributed by atoms with Crippen molar-refractivity contribution in [3.05, 3.63) is 58.4 Å². The zero-order valence-electron chi connectivity index (χ0n) is 20.3. The van der Waals surface area contributed by atoms with E-state index < -0.39 is 35.4 Å². The summed E-state index contributed by atoms with van der Waals surface area (Å²) in [6, 6.07) is 2.77. The number of ether oxygens (including phenoxy) is 1. The van der Waals surface area contributed by atoms with Gasteiger partial charge in [-0.05, 0) is 45.7 Å². The van der Waals surface area contributed by atoms with Gasteiger partial charge in [-0.1, -0.05) is 11.2 Å². The van der Waals surface area contributed by atoms with Crippen molar-refractivity contribution in [3.8, 4) is 0 Å². The predicted octanol–water partition coefficient (Wildman–Crippen LogP) is 1.09. The Morgan fingerprint density at radius 2 is 2.14 bits per heavy atom. The minimum atomic E-state index is -0.959. The summed E-state index contributed by atoms with van der Waals surface area (Å²) in [6.45, 7) is 5.58. The number of aryl methyl sites for hydroxylation is 1. The molecule has 1 saturated heterocycles. The molecule has 0 unspecified atom stereocenters. The lowest BCUT2D eigenvalue weighted by molar-refractivity contribution is -0.137. The number of hydrogen-bond acceptors (Lipinski definition) is 8. The highest BCUT2D eigenvalue weighted by molar-refractivity contribution is 6.02. The second kappa shape index (κ2) is 12.0. The minimum Gasteiger partial charge on any atom is -0.463 e. The number of nitrogens with one attached hydrogen (secondary N) is 3. The Balaban J connectivity index is 1.74. The fourth-order valence-electron chi connectivity index (χ4n) is 3.75. The van der Waals surface area contributed by atoms with Gasteiger partial charge in [-0.3, -0.25) is 19.2 Å². The van der Waals surface area contributed by atoms with Gasteiger partial charge >= 0.3 is 5.97 Å². The van der Waals surface area contributed by atoms with Crippen LogP contribution in [0.1, 0.15) is 49.0 Å². The number of pyridine rings is 1. The van der Waals surface area contributed by atoms with E-state index >= 15 is 0 Å². The molecule has 1 fully saturated rings. The Labute approximate surface area is 207 Å². The molecule has 3 amide bonds. The van der Waals surface area contributed by atoms with Crippen LogP contribution in [-0.2, 0) is 19.1 Å². The average Bonchev–Trinajstić information content (AvgIpc) is 3.46. The Morgan fingerprint density at radius 1 is 1.36 bits per heavy atom. The van der Waals surface area contributed by atoms with Crippen molar-refractivity contribution in [1.29, 1.82) is 0 Å². The first-order valence-electron chi connectivity index (χ1n) is 11.6. The lowest BCUT2D eigenvalue weighted by Gasteiger charge is -2.22. The minimum absolute atomic E-state index is 0.0141. The van der Waals surface area contributed by atoms with Crippen molar-refractivity contribution in [2.24, 2.45) is 5.92 Å². The van der Waals surface area contributed by atoms with Crippen molar-refractivity contribution in [2.45, 2.75) is 45.7 Å². The molecule has 3 atom stereocenters. The van der Waals surface area contributed by atoms with Gasteiger partial charge in [-0.15, -0.1) is 0 Å². The summed E-state index contributed by atoms with van der Waals surface area (Å²) in [7, 11) is 0. The molecule has 1 aliphatic rings. The quantitative estimate of drug-likeness (QED) is 0.323. The first-order chi connectivity index (χ1) is 17.2. The summed E-state index contributed by atoms with van der Waals surface area (Å²) >= 11 is 0. The zero-order valence-corrected chi connectivity index (χ0v) is 20.3. The number of anilines is 1. The van der Waals surface area contributed by atoms with E-state index in [4.69, 9.17) is 9.26 Å². The summed E-state index contributed by atoms with van der Waals surface area (Å²) in [5.74, 6) is -1.70. The number of amides is 3. The van der Waals surface area contributed by atoms with E-state index in [9.17, 15) is 24.0 Å². The van der Waals surface area contributed by atoms with Gasteiger partial charge in [-0.2, -0.15) is 0 Å². The van der Waals surface area contributed by atoms with Crippen LogP contribution in [0.25, 0.3) is 0 Å². The highest BCUT2D eigenvalue weighted by Crippen LogP contribution is 2.18. The van der Waals surface area contributed by atoms with Crippen molar-refractivity contribution in [1.82, 2.24) is 20.4 Å². The smallest absolute Gasteiger partial charge is 0.330 e. The van der Waals surface area contributed by atoms with Crippen LogP contribution >= 0.6 is 0 Å². The van der Waals surface area contributed by atoms with Gasteiger partial charge < -0.3 is 29.8 Å². The van der Waals surface area contributed by atoms with E-state index in [1.54, 1.807) is 13.8 Å². The molecular formula is C24H29N5O7. The molecule has 12 nitrogen and oxygen atoms in total. The number of hydrogen-bond donors (Lipinski definition) is 3. The summed E-state index contributed by atoms with van der Waals surface area (Å²) < 4.78 is 10.9. The van der Waals surface area contributed by atoms with Crippen molar-refractivity contribution < 1.29 is 28.4 Å². The summed E-state index contributed by atoms with van der Waals surface area (Å²) in [5, 5.41) is 11.6. The molecular weight excluding hydrogens is 470 g/mol. The van der Waals surface area contributed by atoms with Gasteiger partial charge in [0.05, 0.1) is 6.61 Å². The zero-order chi connectivity index (χ0) is 26.2. The molecule has 0 saturated carbocycles. The molecule has 36 heavy (non-hydrogen) atoms. The maximum atomic E-state index is 13.1. The second-order valence-electron chi connectivity index (χ2n) is 8.33. The number of carbonyl (C=O) groups excluding carboxylic acids is 4. The first-order valence-corrected chi connectivity index (χ1v) is 11.6. The molecule has 2 aromatic rings. The van der Waals surface area contributed by atoms with Crippen molar-refractivity contribution in [2.75, 3.05) is 18.5 Å². The molecule has 0 bridgehead atoms. The molecule has 0 aromatic carbocycles. The normalized spacial score (nSPS) is 16.9. The Morgan fingerprint density at radius 3 is 2.78 bits per heavy atom. The van der Waals surface area contributed by atoms with Gasteiger partial charge in [0.15, 0.2) is 5.69 Å². The number of esters is 1. The van der Waals surface area contributed by atoms with Gasteiger partial charge in [-0.25, -0.2) is 4.79 Å². The molecule has 0 radical (unpaired) electrons. The van der Waals surface area contributed by atoms with Crippen LogP contribution in [0.4, 0.5) is 5.69 Å². The van der Waals surface area contributed by atoms with E-state index in [2.05, 4.69) is 21.1 Å². The van der Waals surface area contributed by atoms with Crippen LogP contribution < -0.4 is 21.5 Å². The molecule has 1 aliphatic heterocycles. The van der Waals surface area contributed by atoms with Gasteiger partial charge in [0.1, 0.15) is 17.5 Å². The van der Waals surface area contributed by atoms with Gasteiger partial charge in [0.2, 0.25) is 11.8 Å². The number of rotatable bonds is 10. The Bertz CT molecular complexity index is 1220. The number of aromatic nitrogens is 2. The molecule has 3 rings (SSSR count). The van der Waals surface area contributed by atoms with Crippen molar-refractivity contribution in [3.63, 3.8) is 0 Å². The van der Waals surface area contributed by atoms with Crippen LogP contribution in [0.15, 0.2) is 45.9 Å². The van der Waals surface area contributed by atoms with E-state index in [0.717, 1.165) is 0 Å². The highest BCUT2D eigenvalue weighted by Gasteiger charge is 2.28. The van der Waals surface area contributed by atoms with Gasteiger partial charge in [0, 0.05) is 36.8 Å². The molecule has 0 aliphatic carbocycles. The summed E-state index contributed by atoms with van der Waals surface area (Å²) in [5.41, 5.74) is -0.619. The molecule has 12 heteroatoms. The molecule has 3 heterocycles. The number of carbonyl (C=O) groups is 4. The maximum Gasteiger partial charge on any atom is 0.330 e. The fourth-order valence-corrected chi connectivity index (χ4v) is 3.75. The molecule has 0 spiro atoms. The Hall–Kier alpha value is -4.22. The Kier molecular flexibility index (Phi) is 8.76. The van der Waals surface area contributed by atoms with Crippen LogP contribution in [0.5, 0.6) is 0 Å². The van der Waals surface area contributed by atoms with Crippen LogP contribution in [0.3, 0.4) is 0 Å². The number of nitrogens with zero attached hydrogens (tertiary/aromatic N) is 2. The lowest BCUT2D eigenvalue weighted by Crippen LogP contribution is -2.42. The van der Waals surface area contributed by atoms with Crippen LogP contribution in [0, 0.1) is 12.8 Å². The predicted molar refractivity (Wildman–Crippen MR) is 128 cm³/mol. The van der Waals surface area contributed by atoms with Crippen LogP contribution in [-0.4, -0.2) is 52.6 Å². The molecule has 192 valence electrons. The van der Waals surface area contributed by atoms with E-state index in [0.29, 0.717) is 18.7 Å². The first kappa shape index (κ1) is 26.4. The average molecular weight is 500 g/mol. The largest absolute Gasteiger partial charge is 0.463 e. The maximum absolute atomic E-state index is 13.1. The third kappa shape index (κ3) is 6.68. The van der Waals surface area contributed by atoms with E-state index in [1.807, 2.05) is 0 Å². The third-order valence-electron chi connectivity index (χ3n) is 5.66. The third-order valence-corrected chi connectivity index (χ3v) is 5.66. The summed E-state index contributed by atoms with van der Waals surface area (Å²) in [6.07, 6.45) is 5.01. The SMILES string of the molecule is CCOC(=O)/C=C/[C@H](C[C@@H]1CCNC1=O)NC(=O)[C@H](C)n1cccc(NC(=O)c2cc(C)on2)c1=O. The van der Waals surface area contributed by atoms with E-state index in [-0.39, 0.29) is 36.2 Å². The van der Waals surface area contributed by atoms with Gasteiger partial charge in [0.25, 0.3) is 11.5 Å². The lowest BCUT2D eigenvalue weighted by atomic mass is 9.97. The summed E-state index contributed by atoms with van der Waals surface area (Å²) in [4.78, 5) is 62.2.